The standard InChI is InChI=1S/C25H26N2O6/c1-25(2,3)33-24(29)22-18(13-14-26-23(22)28)9-10-19-15-20(27(30)31)11-12-21(19)32-16-17-7-5-4-6-8-17/h4-8,11-15H,9-10,16H2,1-3H3,(H,26,28). The van der Waals surface area contributed by atoms with Gasteiger partial charge in [0.05, 0.1) is 4.92 Å². The van der Waals surface area contributed by atoms with Crippen LogP contribution in [0.5, 0.6) is 5.75 Å². The predicted molar refractivity (Wildman–Crippen MR) is 124 cm³/mol. The molecule has 1 aromatic heterocycles. The Morgan fingerprint density at radius 3 is 2.39 bits per heavy atom. The maximum absolute atomic E-state index is 12.6. The summed E-state index contributed by atoms with van der Waals surface area (Å²) in [6.07, 6.45) is 2.08. The van der Waals surface area contributed by atoms with Crippen molar-refractivity contribution in [2.75, 3.05) is 0 Å². The minimum Gasteiger partial charge on any atom is -0.489 e. The number of H-pyrrole nitrogens is 1. The number of aromatic amines is 1. The van der Waals surface area contributed by atoms with Gasteiger partial charge in [0.1, 0.15) is 23.5 Å². The first-order chi connectivity index (χ1) is 15.6. The molecule has 0 aliphatic heterocycles. The zero-order valence-corrected chi connectivity index (χ0v) is 18.8. The van der Waals surface area contributed by atoms with Crippen molar-refractivity contribution in [2.24, 2.45) is 0 Å². The van der Waals surface area contributed by atoms with Crippen LogP contribution in [0, 0.1) is 10.1 Å². The molecule has 0 saturated heterocycles. The quantitative estimate of drug-likeness (QED) is 0.305. The molecule has 0 radical (unpaired) electrons. The van der Waals surface area contributed by atoms with Crippen molar-refractivity contribution >= 4 is 11.7 Å². The first kappa shape index (κ1) is 23.7. The highest BCUT2D eigenvalue weighted by atomic mass is 16.6. The molecule has 33 heavy (non-hydrogen) atoms. The summed E-state index contributed by atoms with van der Waals surface area (Å²) in [5.41, 5.74) is 0.642. The van der Waals surface area contributed by atoms with Crippen LogP contribution in [0.1, 0.15) is 47.8 Å². The van der Waals surface area contributed by atoms with E-state index in [0.717, 1.165) is 5.56 Å². The predicted octanol–water partition coefficient (Wildman–Crippen LogP) is 4.60. The Hall–Kier alpha value is -3.94. The second-order valence-corrected chi connectivity index (χ2v) is 8.53. The Morgan fingerprint density at radius 1 is 1.03 bits per heavy atom. The molecule has 0 amide bonds. The van der Waals surface area contributed by atoms with Gasteiger partial charge in [0, 0.05) is 23.9 Å². The fourth-order valence-electron chi connectivity index (χ4n) is 3.30. The van der Waals surface area contributed by atoms with Gasteiger partial charge in [-0.25, -0.2) is 4.79 Å². The number of carbonyl (C=O) groups excluding carboxylic acids is 1. The lowest BCUT2D eigenvalue weighted by Crippen LogP contribution is -2.29. The normalized spacial score (nSPS) is 11.1. The van der Waals surface area contributed by atoms with Crippen molar-refractivity contribution in [3.05, 3.63) is 104 Å². The van der Waals surface area contributed by atoms with Crippen LogP contribution in [-0.2, 0) is 24.2 Å². The number of carbonyl (C=O) groups is 1. The molecule has 0 fully saturated rings. The van der Waals surface area contributed by atoms with Crippen LogP contribution in [0.25, 0.3) is 0 Å². The molecule has 0 spiro atoms. The average molecular weight is 450 g/mol. The van der Waals surface area contributed by atoms with Crippen molar-refractivity contribution in [2.45, 2.75) is 45.8 Å². The van der Waals surface area contributed by atoms with E-state index in [-0.39, 0.29) is 11.3 Å². The van der Waals surface area contributed by atoms with Gasteiger partial charge in [-0.1, -0.05) is 30.3 Å². The highest BCUT2D eigenvalue weighted by molar-refractivity contribution is 5.90. The first-order valence-electron chi connectivity index (χ1n) is 10.5. The number of pyridine rings is 1. The zero-order chi connectivity index (χ0) is 24.0. The highest BCUT2D eigenvalue weighted by Gasteiger charge is 2.23. The van der Waals surface area contributed by atoms with E-state index in [1.807, 2.05) is 30.3 Å². The van der Waals surface area contributed by atoms with Gasteiger partial charge >= 0.3 is 5.97 Å². The molecule has 0 saturated carbocycles. The van der Waals surface area contributed by atoms with Crippen LogP contribution in [0.15, 0.2) is 65.6 Å². The maximum Gasteiger partial charge on any atom is 0.344 e. The van der Waals surface area contributed by atoms with Gasteiger partial charge in [-0.15, -0.1) is 0 Å². The van der Waals surface area contributed by atoms with E-state index in [0.29, 0.717) is 36.3 Å². The van der Waals surface area contributed by atoms with Crippen LogP contribution >= 0.6 is 0 Å². The molecule has 3 aromatic rings. The molecule has 2 aromatic carbocycles. The summed E-state index contributed by atoms with van der Waals surface area (Å²) in [7, 11) is 0. The summed E-state index contributed by atoms with van der Waals surface area (Å²) in [4.78, 5) is 38.3. The molecular weight excluding hydrogens is 424 g/mol. The summed E-state index contributed by atoms with van der Waals surface area (Å²) in [5.74, 6) is -0.202. The lowest BCUT2D eigenvalue weighted by molar-refractivity contribution is -0.384. The van der Waals surface area contributed by atoms with Gasteiger partial charge < -0.3 is 14.5 Å². The molecule has 0 aliphatic carbocycles. The molecule has 0 aliphatic rings. The summed E-state index contributed by atoms with van der Waals surface area (Å²) < 4.78 is 11.3. The van der Waals surface area contributed by atoms with Crippen molar-refractivity contribution in [3.8, 4) is 5.75 Å². The number of aromatic nitrogens is 1. The van der Waals surface area contributed by atoms with Crippen LogP contribution < -0.4 is 10.3 Å². The van der Waals surface area contributed by atoms with E-state index in [2.05, 4.69) is 4.98 Å². The van der Waals surface area contributed by atoms with Crippen LogP contribution in [0.4, 0.5) is 5.69 Å². The summed E-state index contributed by atoms with van der Waals surface area (Å²) in [6.45, 7) is 5.48. The van der Waals surface area contributed by atoms with Crippen LogP contribution in [-0.4, -0.2) is 21.5 Å². The second kappa shape index (κ2) is 10.1. The Kier molecular flexibility index (Phi) is 7.27. The zero-order valence-electron chi connectivity index (χ0n) is 18.8. The van der Waals surface area contributed by atoms with Crippen molar-refractivity contribution in [1.82, 2.24) is 4.98 Å². The highest BCUT2D eigenvalue weighted by Crippen LogP contribution is 2.27. The van der Waals surface area contributed by atoms with Gasteiger partial charge in [-0.2, -0.15) is 0 Å². The van der Waals surface area contributed by atoms with E-state index in [1.165, 1.54) is 18.3 Å². The van der Waals surface area contributed by atoms with Gasteiger partial charge in [0.2, 0.25) is 0 Å². The summed E-state index contributed by atoms with van der Waals surface area (Å²) >= 11 is 0. The number of ether oxygens (including phenoxy) is 2. The first-order valence-corrected chi connectivity index (χ1v) is 10.5. The third-order valence-corrected chi connectivity index (χ3v) is 4.81. The molecule has 0 atom stereocenters. The molecular formula is C25H26N2O6. The average Bonchev–Trinajstić information content (AvgIpc) is 2.75. The van der Waals surface area contributed by atoms with E-state index < -0.39 is 22.1 Å². The largest absolute Gasteiger partial charge is 0.489 e. The number of aryl methyl sites for hydroxylation is 2. The topological polar surface area (TPSA) is 112 Å². The number of hydrogen-bond acceptors (Lipinski definition) is 6. The number of nitro benzene ring substituents is 1. The van der Waals surface area contributed by atoms with Crippen molar-refractivity contribution in [3.63, 3.8) is 0 Å². The number of rotatable bonds is 8. The Bertz CT molecular complexity index is 1200. The van der Waals surface area contributed by atoms with Crippen LogP contribution in [0.3, 0.4) is 0 Å². The van der Waals surface area contributed by atoms with E-state index in [9.17, 15) is 19.7 Å². The molecule has 8 heteroatoms. The Balaban J connectivity index is 1.86. The third kappa shape index (κ3) is 6.52. The van der Waals surface area contributed by atoms with E-state index in [1.54, 1.807) is 32.9 Å². The second-order valence-electron chi connectivity index (χ2n) is 8.53. The van der Waals surface area contributed by atoms with Crippen molar-refractivity contribution < 1.29 is 19.2 Å². The fraction of sp³-hybridized carbons (Fsp3) is 0.280. The third-order valence-electron chi connectivity index (χ3n) is 4.81. The van der Waals surface area contributed by atoms with Gasteiger partial charge in [0.15, 0.2) is 0 Å². The summed E-state index contributed by atoms with van der Waals surface area (Å²) in [5, 5.41) is 11.3. The Morgan fingerprint density at radius 2 is 1.73 bits per heavy atom. The number of non-ortho nitro benzene ring substituents is 1. The number of hydrogen-bond donors (Lipinski definition) is 1. The number of esters is 1. The molecule has 1 N–H and O–H groups in total. The van der Waals surface area contributed by atoms with Crippen LogP contribution in [0.2, 0.25) is 0 Å². The monoisotopic (exact) mass is 450 g/mol. The number of nitrogens with one attached hydrogen (secondary N) is 1. The van der Waals surface area contributed by atoms with Crippen molar-refractivity contribution in [1.29, 1.82) is 0 Å². The fourth-order valence-corrected chi connectivity index (χ4v) is 3.30. The lowest BCUT2D eigenvalue weighted by atomic mass is 10.00. The molecule has 0 bridgehead atoms. The molecule has 172 valence electrons. The number of nitro groups is 1. The lowest BCUT2D eigenvalue weighted by Gasteiger charge is -2.20. The van der Waals surface area contributed by atoms with Gasteiger partial charge in [-0.3, -0.25) is 14.9 Å². The molecule has 8 nitrogen and oxygen atoms in total. The minimum atomic E-state index is -0.755. The number of benzene rings is 2. The van der Waals surface area contributed by atoms with Gasteiger partial charge in [-0.05, 0) is 56.9 Å². The smallest absolute Gasteiger partial charge is 0.344 e. The Labute approximate surface area is 191 Å². The van der Waals surface area contributed by atoms with E-state index in [4.69, 9.17) is 9.47 Å². The minimum absolute atomic E-state index is 0.0599. The number of nitrogens with zero attached hydrogens (tertiary/aromatic N) is 1. The maximum atomic E-state index is 12.6. The molecule has 0 unspecified atom stereocenters. The molecule has 1 heterocycles. The summed E-state index contributed by atoms with van der Waals surface area (Å²) in [6, 6.07) is 15.6. The van der Waals surface area contributed by atoms with Gasteiger partial charge in [0.25, 0.3) is 11.2 Å². The SMILES string of the molecule is CC(C)(C)OC(=O)c1c(CCc2cc([N+](=O)[O-])ccc2OCc2ccccc2)cc[nH]c1=O. The molecule has 3 rings (SSSR count). The van der Waals surface area contributed by atoms with E-state index >= 15 is 0 Å².